The van der Waals surface area contributed by atoms with Crippen molar-refractivity contribution in [3.8, 4) is 0 Å². The Labute approximate surface area is 124 Å². The van der Waals surface area contributed by atoms with Gasteiger partial charge in [-0.2, -0.15) is 0 Å². The molecule has 1 aromatic heterocycles. The average Bonchev–Trinajstić information content (AvgIpc) is 2.66. The maximum absolute atomic E-state index is 11.9. The third-order valence-electron chi connectivity index (χ3n) is 3.71. The maximum Gasteiger partial charge on any atom is 0.154 e. The maximum atomic E-state index is 11.9. The number of imidazole rings is 1. The average molecular weight is 315 g/mol. The number of para-hydroxylation sites is 1. The van der Waals surface area contributed by atoms with Crippen LogP contribution in [0.2, 0.25) is 0 Å². The first-order valence-electron chi connectivity index (χ1n) is 6.37. The van der Waals surface area contributed by atoms with Crippen molar-refractivity contribution in [2.75, 3.05) is 6.26 Å². The molecule has 0 saturated heterocycles. The fourth-order valence-corrected chi connectivity index (χ4v) is 2.75. The number of aryl methyl sites for hydroxylation is 1. The first kappa shape index (κ1) is 15.3. The summed E-state index contributed by atoms with van der Waals surface area (Å²) in [5.41, 5.74) is 2.88. The van der Waals surface area contributed by atoms with Crippen molar-refractivity contribution in [3.05, 3.63) is 29.6 Å². The molecule has 0 aliphatic carbocycles. The first-order valence-corrected chi connectivity index (χ1v) is 8.80. The molecule has 20 heavy (non-hydrogen) atoms. The Bertz CT molecular complexity index is 748. The van der Waals surface area contributed by atoms with E-state index in [2.05, 4.69) is 4.98 Å². The largest absolute Gasteiger partial charge is 0.325 e. The lowest BCUT2D eigenvalue weighted by molar-refractivity contribution is 0.502. The van der Waals surface area contributed by atoms with Gasteiger partial charge in [-0.25, -0.2) is 13.4 Å². The molecule has 0 saturated carbocycles. The minimum Gasteiger partial charge on any atom is -0.325 e. The third-order valence-corrected chi connectivity index (χ3v) is 6.09. The van der Waals surface area contributed by atoms with E-state index in [4.69, 9.17) is 11.6 Å². The second-order valence-electron chi connectivity index (χ2n) is 5.72. The standard InChI is InChI=1S/C14H19ClN2O2S/c1-10-6-5-7-11-13(10)17(12(8-15)16-11)9-14(2,3)20(4,18)19/h5-7H,8-9H2,1-4H3. The van der Waals surface area contributed by atoms with Gasteiger partial charge in [0, 0.05) is 12.8 Å². The smallest absolute Gasteiger partial charge is 0.154 e. The van der Waals surface area contributed by atoms with E-state index in [0.717, 1.165) is 16.6 Å². The van der Waals surface area contributed by atoms with Gasteiger partial charge in [0.1, 0.15) is 5.82 Å². The Morgan fingerprint density at radius 1 is 1.35 bits per heavy atom. The molecule has 1 aromatic carbocycles. The molecule has 2 aromatic rings. The molecule has 0 aliphatic heterocycles. The predicted molar refractivity (Wildman–Crippen MR) is 82.9 cm³/mol. The number of sulfone groups is 1. The Hall–Kier alpha value is -1.07. The molecule has 4 nitrogen and oxygen atoms in total. The van der Waals surface area contributed by atoms with Gasteiger partial charge in [-0.3, -0.25) is 0 Å². The highest BCUT2D eigenvalue weighted by molar-refractivity contribution is 7.92. The van der Waals surface area contributed by atoms with Gasteiger partial charge in [0.25, 0.3) is 0 Å². The number of hydrogen-bond acceptors (Lipinski definition) is 3. The summed E-state index contributed by atoms with van der Waals surface area (Å²) in [5, 5.41) is 0. The van der Waals surface area contributed by atoms with Gasteiger partial charge in [-0.15, -0.1) is 11.6 Å². The zero-order valence-electron chi connectivity index (χ0n) is 12.1. The molecule has 0 fully saturated rings. The number of alkyl halides is 1. The van der Waals surface area contributed by atoms with Crippen molar-refractivity contribution < 1.29 is 8.42 Å². The Morgan fingerprint density at radius 2 is 2.00 bits per heavy atom. The molecule has 0 N–H and O–H groups in total. The number of benzene rings is 1. The SMILES string of the molecule is Cc1cccc2nc(CCl)n(CC(C)(C)S(C)(=O)=O)c12. The van der Waals surface area contributed by atoms with E-state index in [1.165, 1.54) is 6.26 Å². The third kappa shape index (κ3) is 2.56. The van der Waals surface area contributed by atoms with E-state index >= 15 is 0 Å². The van der Waals surface area contributed by atoms with Gasteiger partial charge in [-0.1, -0.05) is 12.1 Å². The summed E-state index contributed by atoms with van der Waals surface area (Å²) in [4.78, 5) is 4.49. The van der Waals surface area contributed by atoms with Gasteiger partial charge in [0.15, 0.2) is 9.84 Å². The van der Waals surface area contributed by atoms with Crippen molar-refractivity contribution in [1.82, 2.24) is 9.55 Å². The Kier molecular flexibility index (Phi) is 3.86. The van der Waals surface area contributed by atoms with Crippen LogP contribution in [0, 0.1) is 6.92 Å². The number of nitrogens with zero attached hydrogens (tertiary/aromatic N) is 2. The van der Waals surface area contributed by atoms with E-state index < -0.39 is 14.6 Å². The fraction of sp³-hybridized carbons (Fsp3) is 0.500. The van der Waals surface area contributed by atoms with Gasteiger partial charge in [-0.05, 0) is 32.4 Å². The summed E-state index contributed by atoms with van der Waals surface area (Å²) < 4.78 is 24.9. The van der Waals surface area contributed by atoms with Crippen LogP contribution in [0.3, 0.4) is 0 Å². The quantitative estimate of drug-likeness (QED) is 0.815. The summed E-state index contributed by atoms with van der Waals surface area (Å²) in [6.45, 7) is 5.79. The van der Waals surface area contributed by atoms with Gasteiger partial charge >= 0.3 is 0 Å². The van der Waals surface area contributed by atoms with Crippen LogP contribution < -0.4 is 0 Å². The van der Waals surface area contributed by atoms with Crippen molar-refractivity contribution in [2.24, 2.45) is 0 Å². The molecule has 0 unspecified atom stereocenters. The molecule has 0 atom stereocenters. The zero-order chi connectivity index (χ0) is 15.1. The lowest BCUT2D eigenvalue weighted by atomic mass is 10.1. The Balaban J connectivity index is 2.65. The molecule has 0 spiro atoms. The molecule has 0 aliphatic rings. The predicted octanol–water partition coefficient (Wildman–Crippen LogP) is 2.91. The lowest BCUT2D eigenvalue weighted by Gasteiger charge is -2.24. The van der Waals surface area contributed by atoms with E-state index in [1.807, 2.05) is 29.7 Å². The van der Waals surface area contributed by atoms with Crippen LogP contribution in [0.15, 0.2) is 18.2 Å². The Morgan fingerprint density at radius 3 is 2.55 bits per heavy atom. The second kappa shape index (κ2) is 5.04. The highest BCUT2D eigenvalue weighted by atomic mass is 35.5. The second-order valence-corrected chi connectivity index (χ2v) is 8.64. The molecule has 0 bridgehead atoms. The van der Waals surface area contributed by atoms with E-state index in [9.17, 15) is 8.42 Å². The van der Waals surface area contributed by atoms with Crippen LogP contribution in [0.5, 0.6) is 0 Å². The summed E-state index contributed by atoms with van der Waals surface area (Å²) in [7, 11) is -3.18. The molecule has 0 radical (unpaired) electrons. The van der Waals surface area contributed by atoms with Crippen LogP contribution in [-0.2, 0) is 22.3 Å². The van der Waals surface area contributed by atoms with Crippen molar-refractivity contribution in [1.29, 1.82) is 0 Å². The van der Waals surface area contributed by atoms with Gasteiger partial charge < -0.3 is 4.57 Å². The van der Waals surface area contributed by atoms with Crippen molar-refractivity contribution in [3.63, 3.8) is 0 Å². The first-order chi connectivity index (χ1) is 9.17. The fourth-order valence-electron chi connectivity index (χ4n) is 2.18. The van der Waals surface area contributed by atoms with E-state index in [1.54, 1.807) is 13.8 Å². The number of rotatable bonds is 4. The summed E-state index contributed by atoms with van der Waals surface area (Å²) >= 11 is 5.97. The van der Waals surface area contributed by atoms with Crippen LogP contribution >= 0.6 is 11.6 Å². The lowest BCUT2D eigenvalue weighted by Crippen LogP contribution is -2.36. The number of aromatic nitrogens is 2. The van der Waals surface area contributed by atoms with Crippen molar-refractivity contribution in [2.45, 2.75) is 37.9 Å². The molecule has 1 heterocycles. The topological polar surface area (TPSA) is 52.0 Å². The number of halogens is 1. The van der Waals surface area contributed by atoms with Gasteiger partial charge in [0.2, 0.25) is 0 Å². The summed E-state index contributed by atoms with van der Waals surface area (Å²) in [6, 6.07) is 5.85. The van der Waals surface area contributed by atoms with E-state index in [0.29, 0.717) is 12.4 Å². The molecular formula is C14H19ClN2O2S. The normalized spacial score (nSPS) is 13.1. The molecule has 2 rings (SSSR count). The molecule has 6 heteroatoms. The minimum atomic E-state index is -3.18. The molecular weight excluding hydrogens is 296 g/mol. The van der Waals surface area contributed by atoms with Crippen molar-refractivity contribution >= 4 is 32.5 Å². The minimum absolute atomic E-state index is 0.258. The highest BCUT2D eigenvalue weighted by Crippen LogP contribution is 2.26. The van der Waals surface area contributed by atoms with Gasteiger partial charge in [0.05, 0.1) is 21.7 Å². The molecule has 0 amide bonds. The zero-order valence-corrected chi connectivity index (χ0v) is 13.7. The monoisotopic (exact) mass is 314 g/mol. The van der Waals surface area contributed by atoms with Crippen LogP contribution in [0.4, 0.5) is 0 Å². The highest BCUT2D eigenvalue weighted by Gasteiger charge is 2.32. The van der Waals surface area contributed by atoms with E-state index in [-0.39, 0.29) is 5.88 Å². The van der Waals surface area contributed by atoms with Crippen LogP contribution in [0.25, 0.3) is 11.0 Å². The summed E-state index contributed by atoms with van der Waals surface area (Å²) in [5.74, 6) is 0.959. The van der Waals surface area contributed by atoms with Crippen LogP contribution in [-0.4, -0.2) is 29.0 Å². The molecule has 110 valence electrons. The number of hydrogen-bond donors (Lipinski definition) is 0. The summed E-state index contributed by atoms with van der Waals surface area (Å²) in [6.07, 6.45) is 1.26. The number of fused-ring (bicyclic) bond motifs is 1. The van der Waals surface area contributed by atoms with Crippen LogP contribution in [0.1, 0.15) is 25.2 Å².